The second-order valence-electron chi connectivity index (χ2n) is 2.70. The van der Waals surface area contributed by atoms with Crippen molar-refractivity contribution in [3.63, 3.8) is 0 Å². The molecule has 1 nitrogen and oxygen atoms in total. The molecule has 1 heterocycles. The van der Waals surface area contributed by atoms with Crippen LogP contribution in [0.15, 0.2) is 48.8 Å². The van der Waals surface area contributed by atoms with E-state index in [2.05, 4.69) is 24.4 Å². The van der Waals surface area contributed by atoms with Crippen LogP contribution in [0.3, 0.4) is 0 Å². The molecule has 1 radical (unpaired) electrons. The number of aromatic nitrogens is 1. The first-order chi connectivity index (χ1) is 5.95. The molecule has 0 amide bonds. The maximum Gasteiger partial charge on any atom is 0.193 e. The van der Waals surface area contributed by atoms with Crippen LogP contribution < -0.4 is 10.9 Å². The Morgan fingerprint density at radius 2 is 1.75 bits per heavy atom. The molecule has 0 saturated carbocycles. The van der Waals surface area contributed by atoms with Gasteiger partial charge in [-0.1, -0.05) is 47.3 Å². The fraction of sp³-hybridized carbons (Fsp3) is 0. The summed E-state index contributed by atoms with van der Waals surface area (Å²) >= 11 is 0. The number of hydrogen-bond acceptors (Lipinski definition) is 0. The molecule has 0 bridgehead atoms. The van der Waals surface area contributed by atoms with Crippen molar-refractivity contribution in [3.8, 4) is 0 Å². The number of H-pyrrole nitrogens is 1. The summed E-state index contributed by atoms with van der Waals surface area (Å²) < 4.78 is 0. The molecule has 0 saturated heterocycles. The quantitative estimate of drug-likeness (QED) is 0.612. The van der Waals surface area contributed by atoms with Crippen LogP contribution in [0, 0.1) is 0 Å². The first-order valence-electron chi connectivity index (χ1n) is 3.98. The van der Waals surface area contributed by atoms with E-state index in [0.717, 1.165) is 0 Å². The molecule has 0 aliphatic carbocycles. The largest absolute Gasteiger partial charge is 0.368 e. The minimum absolute atomic E-state index is 1.21. The van der Waals surface area contributed by atoms with Gasteiger partial charge in [0.2, 0.25) is 0 Å². The zero-order valence-electron chi connectivity index (χ0n) is 6.70. The van der Waals surface area contributed by atoms with E-state index in [1.54, 1.807) is 0 Å². The van der Waals surface area contributed by atoms with Gasteiger partial charge < -0.3 is 4.98 Å². The van der Waals surface area contributed by atoms with Crippen LogP contribution in [-0.4, -0.2) is 12.3 Å². The van der Waals surface area contributed by atoms with E-state index in [1.165, 1.54) is 10.9 Å². The zero-order chi connectivity index (χ0) is 8.23. The highest BCUT2D eigenvalue weighted by Gasteiger charge is 1.96. The topological polar surface area (TPSA) is 15.8 Å². The summed E-state index contributed by atoms with van der Waals surface area (Å²) in [5, 5.41) is 0. The third-order valence-electron chi connectivity index (χ3n) is 1.75. The fourth-order valence-corrected chi connectivity index (χ4v) is 1.17. The van der Waals surface area contributed by atoms with Crippen molar-refractivity contribution >= 4 is 18.2 Å². The summed E-state index contributed by atoms with van der Waals surface area (Å²) in [6, 6.07) is 12.3. The molecule has 0 aliphatic heterocycles. The lowest BCUT2D eigenvalue weighted by Crippen LogP contribution is -2.25. The van der Waals surface area contributed by atoms with E-state index >= 15 is 0 Å². The van der Waals surface area contributed by atoms with Gasteiger partial charge in [-0.15, -0.1) is 0 Å². The minimum Gasteiger partial charge on any atom is -0.368 e. The van der Waals surface area contributed by atoms with E-state index in [-0.39, 0.29) is 0 Å². The Morgan fingerprint density at radius 1 is 0.917 bits per heavy atom. The van der Waals surface area contributed by atoms with Gasteiger partial charge in [0.25, 0.3) is 0 Å². The highest BCUT2D eigenvalue weighted by molar-refractivity contribution is 6.67. The van der Waals surface area contributed by atoms with Crippen LogP contribution in [0.4, 0.5) is 0 Å². The molecule has 2 rings (SSSR count). The third-order valence-corrected chi connectivity index (χ3v) is 1.75. The van der Waals surface area contributed by atoms with E-state index in [1.807, 2.05) is 36.7 Å². The SMILES string of the molecule is [B](c1ccccc1)c1cc[nH]c1. The number of benzene rings is 1. The lowest BCUT2D eigenvalue weighted by atomic mass is 9.65. The maximum atomic E-state index is 3.02. The van der Waals surface area contributed by atoms with Crippen LogP contribution in [0.5, 0.6) is 0 Å². The van der Waals surface area contributed by atoms with Crippen molar-refractivity contribution in [2.45, 2.75) is 0 Å². The van der Waals surface area contributed by atoms with Crippen LogP contribution >= 0.6 is 0 Å². The average Bonchev–Trinajstić information content (AvgIpc) is 2.59. The summed E-state index contributed by atoms with van der Waals surface area (Å²) in [6.07, 6.45) is 3.90. The molecular weight excluding hydrogens is 145 g/mol. The first kappa shape index (κ1) is 7.23. The van der Waals surface area contributed by atoms with Gasteiger partial charge in [0, 0.05) is 0 Å². The number of hydrogen-bond donors (Lipinski definition) is 1. The Hall–Kier alpha value is -1.44. The first-order valence-corrected chi connectivity index (χ1v) is 3.98. The second kappa shape index (κ2) is 3.31. The van der Waals surface area contributed by atoms with E-state index in [9.17, 15) is 0 Å². The van der Waals surface area contributed by atoms with Gasteiger partial charge >= 0.3 is 0 Å². The van der Waals surface area contributed by atoms with Crippen molar-refractivity contribution in [2.24, 2.45) is 0 Å². The highest BCUT2D eigenvalue weighted by atomic mass is 14.6. The monoisotopic (exact) mass is 154 g/mol. The molecular formula is C10H9BN. The van der Waals surface area contributed by atoms with Gasteiger partial charge in [-0.3, -0.25) is 0 Å². The molecule has 2 heteroatoms. The van der Waals surface area contributed by atoms with E-state index < -0.39 is 0 Å². The summed E-state index contributed by atoms with van der Waals surface area (Å²) in [4.78, 5) is 3.02. The molecule has 1 N–H and O–H groups in total. The maximum absolute atomic E-state index is 3.02. The number of nitrogens with one attached hydrogen (secondary N) is 1. The van der Waals surface area contributed by atoms with Gasteiger partial charge in [-0.25, -0.2) is 0 Å². The van der Waals surface area contributed by atoms with Gasteiger partial charge in [-0.05, 0) is 12.4 Å². The van der Waals surface area contributed by atoms with Crippen LogP contribution in [-0.2, 0) is 0 Å². The van der Waals surface area contributed by atoms with Crippen LogP contribution in [0.25, 0.3) is 0 Å². The Balaban J connectivity index is 2.15. The zero-order valence-corrected chi connectivity index (χ0v) is 6.70. The Kier molecular flexibility index (Phi) is 1.99. The molecule has 0 unspecified atom stereocenters. The predicted molar refractivity (Wildman–Crippen MR) is 52.3 cm³/mol. The molecule has 1 aromatic carbocycles. The molecule has 12 heavy (non-hydrogen) atoms. The standard InChI is InChI=1S/C10H9BN/c1-2-4-9(5-3-1)11-10-6-7-12-8-10/h1-8,12H. The normalized spacial score (nSPS) is 9.67. The van der Waals surface area contributed by atoms with Crippen molar-refractivity contribution < 1.29 is 0 Å². The number of rotatable bonds is 2. The molecule has 0 fully saturated rings. The molecule has 0 aliphatic rings. The number of aromatic amines is 1. The third kappa shape index (κ3) is 1.59. The second-order valence-corrected chi connectivity index (χ2v) is 2.70. The van der Waals surface area contributed by atoms with Crippen molar-refractivity contribution in [1.29, 1.82) is 0 Å². The Labute approximate surface area is 72.7 Å². The van der Waals surface area contributed by atoms with Crippen molar-refractivity contribution in [2.75, 3.05) is 0 Å². The average molecular weight is 154 g/mol. The van der Waals surface area contributed by atoms with Crippen LogP contribution in [0.1, 0.15) is 0 Å². The smallest absolute Gasteiger partial charge is 0.193 e. The highest BCUT2D eigenvalue weighted by Crippen LogP contribution is 1.82. The molecule has 2 aromatic rings. The summed E-state index contributed by atoms with van der Waals surface area (Å²) in [6.45, 7) is 0. The lowest BCUT2D eigenvalue weighted by Gasteiger charge is -1.94. The molecule has 1 aromatic heterocycles. The van der Waals surface area contributed by atoms with Gasteiger partial charge in [0.15, 0.2) is 7.28 Å². The Morgan fingerprint density at radius 3 is 2.42 bits per heavy atom. The van der Waals surface area contributed by atoms with E-state index in [0.29, 0.717) is 0 Å². The van der Waals surface area contributed by atoms with Gasteiger partial charge in [0.1, 0.15) is 0 Å². The minimum atomic E-state index is 1.21. The summed E-state index contributed by atoms with van der Waals surface area (Å²) in [5.41, 5.74) is 2.44. The lowest BCUT2D eigenvalue weighted by molar-refractivity contribution is 1.42. The van der Waals surface area contributed by atoms with Crippen molar-refractivity contribution in [1.82, 2.24) is 4.98 Å². The summed E-state index contributed by atoms with van der Waals surface area (Å²) in [5.74, 6) is 0. The van der Waals surface area contributed by atoms with Crippen molar-refractivity contribution in [3.05, 3.63) is 48.8 Å². The molecule has 0 atom stereocenters. The van der Waals surface area contributed by atoms with Crippen LogP contribution in [0.2, 0.25) is 0 Å². The van der Waals surface area contributed by atoms with Gasteiger partial charge in [0.05, 0.1) is 0 Å². The predicted octanol–water partition coefficient (Wildman–Crippen LogP) is 0.670. The Bertz CT molecular complexity index is 326. The van der Waals surface area contributed by atoms with E-state index in [4.69, 9.17) is 0 Å². The molecule has 0 spiro atoms. The van der Waals surface area contributed by atoms with Gasteiger partial charge in [-0.2, -0.15) is 0 Å². The summed E-state index contributed by atoms with van der Waals surface area (Å²) in [7, 11) is 2.14. The fourth-order valence-electron chi connectivity index (χ4n) is 1.17. The molecule has 57 valence electrons.